The third-order valence-electron chi connectivity index (χ3n) is 6.45. The molecule has 2 aromatic carbocycles. The number of aromatic hydroxyl groups is 1. The van der Waals surface area contributed by atoms with Gasteiger partial charge < -0.3 is 10.2 Å². The van der Waals surface area contributed by atoms with E-state index in [-0.39, 0.29) is 10.8 Å². The zero-order valence-electron chi connectivity index (χ0n) is 16.8. The molecule has 1 unspecified atom stereocenters. The fourth-order valence-corrected chi connectivity index (χ4v) is 3.86. The molecule has 0 spiro atoms. The lowest BCUT2D eigenvalue weighted by molar-refractivity contribution is 0.158. The lowest BCUT2D eigenvalue weighted by Gasteiger charge is -2.33. The Labute approximate surface area is 163 Å². The smallest absolute Gasteiger partial charge is 0.120 e. The molecule has 0 aliphatic heterocycles. The van der Waals surface area contributed by atoms with Gasteiger partial charge in [-0.2, -0.15) is 0 Å². The molecule has 2 aromatic rings. The minimum atomic E-state index is -0.539. The van der Waals surface area contributed by atoms with Crippen molar-refractivity contribution in [3.8, 4) is 17.6 Å². The van der Waals surface area contributed by atoms with Crippen LogP contribution < -0.4 is 0 Å². The van der Waals surface area contributed by atoms with Gasteiger partial charge in [0.25, 0.3) is 0 Å². The molecule has 2 N–H and O–H groups in total. The largest absolute Gasteiger partial charge is 0.508 e. The van der Waals surface area contributed by atoms with Crippen LogP contribution in [0.25, 0.3) is 0 Å². The van der Waals surface area contributed by atoms with Crippen molar-refractivity contribution in [2.45, 2.75) is 64.9 Å². The average Bonchev–Trinajstić information content (AvgIpc) is 3.43. The summed E-state index contributed by atoms with van der Waals surface area (Å²) < 4.78 is 0. The Kier molecular flexibility index (Phi) is 5.36. The molecule has 1 aliphatic rings. The molecule has 3 rings (SSSR count). The predicted molar refractivity (Wildman–Crippen MR) is 111 cm³/mol. The maximum atomic E-state index is 10.2. The summed E-state index contributed by atoms with van der Waals surface area (Å²) in [7, 11) is 0. The second-order valence-corrected chi connectivity index (χ2v) is 8.19. The Morgan fingerprint density at radius 3 is 2.15 bits per heavy atom. The van der Waals surface area contributed by atoms with Crippen LogP contribution in [0.15, 0.2) is 42.5 Å². The van der Waals surface area contributed by atoms with E-state index in [1.807, 2.05) is 13.0 Å². The molecule has 2 heteroatoms. The molecule has 1 saturated carbocycles. The molecule has 27 heavy (non-hydrogen) atoms. The highest BCUT2D eigenvalue weighted by Crippen LogP contribution is 2.47. The van der Waals surface area contributed by atoms with Gasteiger partial charge in [0, 0.05) is 16.4 Å². The number of aliphatic hydroxyl groups excluding tert-OH is 1. The van der Waals surface area contributed by atoms with E-state index in [1.54, 1.807) is 6.07 Å². The van der Waals surface area contributed by atoms with Gasteiger partial charge in [-0.1, -0.05) is 56.9 Å². The lowest BCUT2D eigenvalue weighted by atomic mass is 9.70. The van der Waals surface area contributed by atoms with Crippen molar-refractivity contribution in [3.63, 3.8) is 0 Å². The minimum absolute atomic E-state index is 0.00322. The second kappa shape index (κ2) is 7.41. The van der Waals surface area contributed by atoms with Crippen LogP contribution in [-0.2, 0) is 5.41 Å². The summed E-state index contributed by atoms with van der Waals surface area (Å²) in [5.74, 6) is 6.48. The van der Waals surface area contributed by atoms with Gasteiger partial charge in [0.2, 0.25) is 0 Å². The Morgan fingerprint density at radius 1 is 1.04 bits per heavy atom. The maximum absolute atomic E-state index is 10.2. The van der Waals surface area contributed by atoms with Crippen LogP contribution in [0, 0.1) is 24.2 Å². The first kappa shape index (κ1) is 19.5. The van der Waals surface area contributed by atoms with Crippen LogP contribution in [0.2, 0.25) is 0 Å². The Hall–Kier alpha value is -2.24. The molecule has 0 heterocycles. The van der Waals surface area contributed by atoms with Gasteiger partial charge in [0.1, 0.15) is 11.9 Å². The summed E-state index contributed by atoms with van der Waals surface area (Å²) in [5, 5.41) is 20.1. The zero-order chi connectivity index (χ0) is 19.7. The van der Waals surface area contributed by atoms with Crippen molar-refractivity contribution in [1.82, 2.24) is 0 Å². The van der Waals surface area contributed by atoms with E-state index in [4.69, 9.17) is 0 Å². The molecule has 142 valence electrons. The molecule has 0 saturated heterocycles. The van der Waals surface area contributed by atoms with Gasteiger partial charge in [0.05, 0.1) is 0 Å². The van der Waals surface area contributed by atoms with Crippen molar-refractivity contribution < 1.29 is 10.2 Å². The van der Waals surface area contributed by atoms with E-state index >= 15 is 0 Å². The van der Waals surface area contributed by atoms with Crippen LogP contribution in [0.1, 0.15) is 68.7 Å². The highest BCUT2D eigenvalue weighted by molar-refractivity contribution is 5.47. The number of phenols is 1. The van der Waals surface area contributed by atoms with Crippen molar-refractivity contribution >= 4 is 0 Å². The third-order valence-corrected chi connectivity index (χ3v) is 6.45. The van der Waals surface area contributed by atoms with E-state index in [0.29, 0.717) is 5.75 Å². The Morgan fingerprint density at radius 2 is 1.63 bits per heavy atom. The lowest BCUT2D eigenvalue weighted by Crippen LogP contribution is -2.26. The number of hydrogen-bond acceptors (Lipinski definition) is 2. The molecule has 1 fully saturated rings. The quantitative estimate of drug-likeness (QED) is 0.707. The first-order valence-electron chi connectivity index (χ1n) is 9.95. The SMILES string of the molecule is CCC(CC)(c1ccc(C#CC(O)C2(C)CC2)cc1)c1ccc(O)c(C)c1. The zero-order valence-corrected chi connectivity index (χ0v) is 16.8. The number of benzene rings is 2. The molecule has 1 atom stereocenters. The normalized spacial score (nSPS) is 16.3. The molecular formula is C25H30O2. The topological polar surface area (TPSA) is 40.5 Å². The summed E-state index contributed by atoms with van der Waals surface area (Å²) in [6.07, 6.45) is 3.54. The number of aliphatic hydroxyl groups is 1. The molecule has 0 radical (unpaired) electrons. The first-order chi connectivity index (χ1) is 12.8. The number of aryl methyl sites for hydroxylation is 1. The van der Waals surface area contributed by atoms with Crippen LogP contribution in [0.3, 0.4) is 0 Å². The fourth-order valence-electron chi connectivity index (χ4n) is 3.86. The minimum Gasteiger partial charge on any atom is -0.508 e. The molecule has 2 nitrogen and oxygen atoms in total. The van der Waals surface area contributed by atoms with Gasteiger partial charge >= 0.3 is 0 Å². The van der Waals surface area contributed by atoms with Crippen LogP contribution in [-0.4, -0.2) is 16.3 Å². The summed E-state index contributed by atoms with van der Waals surface area (Å²) in [6, 6.07) is 14.4. The highest BCUT2D eigenvalue weighted by Gasteiger charge is 2.43. The van der Waals surface area contributed by atoms with E-state index in [1.165, 1.54) is 11.1 Å². The Bertz CT molecular complexity index is 859. The van der Waals surface area contributed by atoms with E-state index in [9.17, 15) is 10.2 Å². The van der Waals surface area contributed by atoms with Crippen molar-refractivity contribution in [3.05, 3.63) is 64.7 Å². The van der Waals surface area contributed by atoms with E-state index < -0.39 is 6.10 Å². The van der Waals surface area contributed by atoms with Gasteiger partial charge in [-0.05, 0) is 67.5 Å². The molecular weight excluding hydrogens is 332 g/mol. The van der Waals surface area contributed by atoms with Crippen LogP contribution >= 0.6 is 0 Å². The summed E-state index contributed by atoms with van der Waals surface area (Å²) in [6.45, 7) is 8.46. The molecule has 0 aromatic heterocycles. The van der Waals surface area contributed by atoms with Crippen LogP contribution in [0.5, 0.6) is 5.75 Å². The van der Waals surface area contributed by atoms with Gasteiger partial charge in [-0.25, -0.2) is 0 Å². The number of rotatable bonds is 5. The monoisotopic (exact) mass is 362 g/mol. The van der Waals surface area contributed by atoms with Crippen molar-refractivity contribution in [2.75, 3.05) is 0 Å². The van der Waals surface area contributed by atoms with Gasteiger partial charge in [-0.15, -0.1) is 0 Å². The van der Waals surface area contributed by atoms with Gasteiger partial charge in [0.15, 0.2) is 0 Å². The average molecular weight is 363 g/mol. The van der Waals surface area contributed by atoms with Crippen molar-refractivity contribution in [2.24, 2.45) is 5.41 Å². The first-order valence-corrected chi connectivity index (χ1v) is 9.95. The predicted octanol–water partition coefficient (Wildman–Crippen LogP) is 5.32. The molecule has 1 aliphatic carbocycles. The van der Waals surface area contributed by atoms with Gasteiger partial charge in [-0.3, -0.25) is 0 Å². The summed E-state index contributed by atoms with van der Waals surface area (Å²) >= 11 is 0. The maximum Gasteiger partial charge on any atom is 0.120 e. The number of phenolic OH excluding ortho intramolecular Hbond substituents is 1. The second-order valence-electron chi connectivity index (χ2n) is 8.19. The molecule has 0 bridgehead atoms. The van der Waals surface area contributed by atoms with E-state index in [2.05, 4.69) is 62.9 Å². The summed E-state index contributed by atoms with van der Waals surface area (Å²) in [5.41, 5.74) is 4.26. The number of hydrogen-bond donors (Lipinski definition) is 2. The highest BCUT2D eigenvalue weighted by atomic mass is 16.3. The third kappa shape index (κ3) is 3.75. The Balaban J connectivity index is 1.90. The summed E-state index contributed by atoms with van der Waals surface area (Å²) in [4.78, 5) is 0. The van der Waals surface area contributed by atoms with E-state index in [0.717, 1.165) is 36.8 Å². The van der Waals surface area contributed by atoms with Crippen LogP contribution in [0.4, 0.5) is 0 Å². The molecule has 0 amide bonds. The van der Waals surface area contributed by atoms with Crippen molar-refractivity contribution in [1.29, 1.82) is 0 Å². The fraction of sp³-hybridized carbons (Fsp3) is 0.440. The standard InChI is InChI=1S/C25H30O2/c1-5-25(6-2,21-12-13-22(26)18(3)17-21)20-10-7-19(8-11-20)9-14-23(27)24(4)15-16-24/h7-8,10-13,17,23,26-27H,5-6,15-16H2,1-4H3.